The van der Waals surface area contributed by atoms with Gasteiger partial charge in [0.2, 0.25) is 0 Å². The first-order valence-corrected chi connectivity index (χ1v) is 9.14. The van der Waals surface area contributed by atoms with Crippen LogP contribution in [0.1, 0.15) is 43.2 Å². The maximum absolute atomic E-state index is 5.55. The van der Waals surface area contributed by atoms with E-state index in [1.54, 1.807) is 0 Å². The fourth-order valence-corrected chi connectivity index (χ4v) is 4.67. The highest BCUT2D eigenvalue weighted by molar-refractivity contribution is 7.80. The Morgan fingerprint density at radius 2 is 1.95 bits per heavy atom. The molecule has 0 saturated carbocycles. The molecule has 1 aromatic rings. The van der Waals surface area contributed by atoms with Crippen molar-refractivity contribution in [1.82, 2.24) is 10.2 Å². The van der Waals surface area contributed by atoms with Crippen LogP contribution in [0, 0.1) is 0 Å². The maximum Gasteiger partial charge on any atom is 0.171 e. The summed E-state index contributed by atoms with van der Waals surface area (Å²) < 4.78 is 0. The Labute approximate surface area is 138 Å². The van der Waals surface area contributed by atoms with Crippen LogP contribution in [-0.2, 0) is 12.8 Å². The first kappa shape index (κ1) is 14.5. The molecule has 3 nitrogen and oxygen atoms in total. The molecule has 2 atom stereocenters. The quantitative estimate of drug-likeness (QED) is 0.820. The second-order valence-electron chi connectivity index (χ2n) is 6.93. The molecule has 1 aromatic carbocycles. The van der Waals surface area contributed by atoms with E-state index in [0.717, 1.165) is 10.8 Å². The lowest BCUT2D eigenvalue weighted by Gasteiger charge is -2.33. The molecule has 2 saturated heterocycles. The van der Waals surface area contributed by atoms with Crippen LogP contribution in [0.25, 0.3) is 0 Å². The minimum atomic E-state index is 0.523. The molecule has 2 heterocycles. The summed E-state index contributed by atoms with van der Waals surface area (Å²) in [4.78, 5) is 2.64. The lowest BCUT2D eigenvalue weighted by atomic mass is 9.99. The second-order valence-corrected chi connectivity index (χ2v) is 7.34. The van der Waals surface area contributed by atoms with Crippen molar-refractivity contribution in [1.29, 1.82) is 0 Å². The smallest absolute Gasteiger partial charge is 0.171 e. The molecule has 2 fully saturated rings. The standard InChI is InChI=1S/C18H25N3S/c22-18(19-15-8-7-13-4-3-5-14(13)12-15)20-16-9-11-21-10-2-1-6-17(16)21/h7-8,12,16-17H,1-6,9-11H2,(H2,19,20,22)/t16-,17+/m0/s1. The molecule has 0 radical (unpaired) electrons. The fourth-order valence-electron chi connectivity index (χ4n) is 4.40. The van der Waals surface area contributed by atoms with Crippen LogP contribution in [0.5, 0.6) is 0 Å². The molecule has 0 aromatic heterocycles. The molecule has 2 aliphatic heterocycles. The van der Waals surface area contributed by atoms with Crippen molar-refractivity contribution >= 4 is 23.0 Å². The molecule has 1 aliphatic carbocycles. The summed E-state index contributed by atoms with van der Waals surface area (Å²) in [6.45, 7) is 2.50. The largest absolute Gasteiger partial charge is 0.358 e. The zero-order valence-corrected chi connectivity index (χ0v) is 13.9. The van der Waals surface area contributed by atoms with E-state index in [1.807, 2.05) is 0 Å². The van der Waals surface area contributed by atoms with Crippen molar-refractivity contribution in [3.8, 4) is 0 Å². The van der Waals surface area contributed by atoms with E-state index in [0.29, 0.717) is 12.1 Å². The van der Waals surface area contributed by atoms with Crippen LogP contribution in [0.3, 0.4) is 0 Å². The second kappa shape index (κ2) is 6.17. The molecule has 4 heteroatoms. The number of hydrogen-bond acceptors (Lipinski definition) is 2. The van der Waals surface area contributed by atoms with Crippen LogP contribution in [-0.4, -0.2) is 35.2 Å². The van der Waals surface area contributed by atoms with Gasteiger partial charge in [-0.15, -0.1) is 0 Å². The highest BCUT2D eigenvalue weighted by Gasteiger charge is 2.35. The van der Waals surface area contributed by atoms with E-state index < -0.39 is 0 Å². The van der Waals surface area contributed by atoms with Gasteiger partial charge in [0, 0.05) is 24.3 Å². The van der Waals surface area contributed by atoms with Crippen LogP contribution in [0.15, 0.2) is 18.2 Å². The monoisotopic (exact) mass is 315 g/mol. The van der Waals surface area contributed by atoms with Gasteiger partial charge in [-0.2, -0.15) is 0 Å². The first-order valence-electron chi connectivity index (χ1n) is 8.73. The molecule has 3 aliphatic rings. The Balaban J connectivity index is 1.36. The Hall–Kier alpha value is -1.13. The van der Waals surface area contributed by atoms with E-state index >= 15 is 0 Å². The van der Waals surface area contributed by atoms with Crippen LogP contribution in [0.2, 0.25) is 0 Å². The zero-order valence-electron chi connectivity index (χ0n) is 13.1. The normalized spacial score (nSPS) is 27.3. The Kier molecular flexibility index (Phi) is 4.05. The van der Waals surface area contributed by atoms with E-state index in [9.17, 15) is 0 Å². The molecule has 0 amide bonds. The third-order valence-corrected chi connectivity index (χ3v) is 5.75. The van der Waals surface area contributed by atoms with Crippen LogP contribution in [0.4, 0.5) is 5.69 Å². The predicted molar refractivity (Wildman–Crippen MR) is 95.4 cm³/mol. The highest BCUT2D eigenvalue weighted by Crippen LogP contribution is 2.28. The Morgan fingerprint density at radius 3 is 2.91 bits per heavy atom. The fraction of sp³-hybridized carbons (Fsp3) is 0.611. The summed E-state index contributed by atoms with van der Waals surface area (Å²) in [6.07, 6.45) is 9.00. The van der Waals surface area contributed by atoms with Gasteiger partial charge < -0.3 is 10.6 Å². The molecule has 22 heavy (non-hydrogen) atoms. The maximum atomic E-state index is 5.55. The van der Waals surface area contributed by atoms with Gasteiger partial charge in [0.05, 0.1) is 0 Å². The lowest BCUT2D eigenvalue weighted by Crippen LogP contribution is -2.47. The van der Waals surface area contributed by atoms with Gasteiger partial charge in [0.15, 0.2) is 5.11 Å². The molecule has 0 bridgehead atoms. The van der Waals surface area contributed by atoms with Crippen molar-refractivity contribution in [2.75, 3.05) is 18.4 Å². The third-order valence-electron chi connectivity index (χ3n) is 5.53. The molecule has 0 unspecified atom stereocenters. The summed E-state index contributed by atoms with van der Waals surface area (Å²) in [5.41, 5.74) is 4.14. The van der Waals surface area contributed by atoms with Crippen molar-refractivity contribution in [2.24, 2.45) is 0 Å². The number of nitrogens with zero attached hydrogens (tertiary/aromatic N) is 1. The number of hydrogen-bond donors (Lipinski definition) is 2. The number of piperidine rings is 1. The summed E-state index contributed by atoms with van der Waals surface area (Å²) in [5.74, 6) is 0. The topological polar surface area (TPSA) is 27.3 Å². The van der Waals surface area contributed by atoms with Gasteiger partial charge in [-0.3, -0.25) is 4.90 Å². The van der Waals surface area contributed by atoms with Crippen LogP contribution < -0.4 is 10.6 Å². The summed E-state index contributed by atoms with van der Waals surface area (Å²) in [7, 11) is 0. The number of benzene rings is 1. The van der Waals surface area contributed by atoms with Gasteiger partial charge >= 0.3 is 0 Å². The molecule has 118 valence electrons. The van der Waals surface area contributed by atoms with E-state index in [2.05, 4.69) is 33.7 Å². The average molecular weight is 315 g/mol. The predicted octanol–water partition coefficient (Wildman–Crippen LogP) is 3.09. The minimum Gasteiger partial charge on any atom is -0.358 e. The van der Waals surface area contributed by atoms with Crippen molar-refractivity contribution in [3.63, 3.8) is 0 Å². The molecule has 0 spiro atoms. The number of aryl methyl sites for hydroxylation is 2. The van der Waals surface area contributed by atoms with Gasteiger partial charge in [0.1, 0.15) is 0 Å². The van der Waals surface area contributed by atoms with E-state index in [-0.39, 0.29) is 0 Å². The average Bonchev–Trinajstić information content (AvgIpc) is 3.14. The molecular weight excluding hydrogens is 290 g/mol. The summed E-state index contributed by atoms with van der Waals surface area (Å²) >= 11 is 5.55. The van der Waals surface area contributed by atoms with Gasteiger partial charge in [-0.25, -0.2) is 0 Å². The van der Waals surface area contributed by atoms with Gasteiger partial charge in [-0.05, 0) is 80.5 Å². The van der Waals surface area contributed by atoms with Crippen molar-refractivity contribution in [2.45, 2.75) is 57.0 Å². The summed E-state index contributed by atoms with van der Waals surface area (Å²) in [6, 6.07) is 7.91. The first-order chi connectivity index (χ1) is 10.8. The highest BCUT2D eigenvalue weighted by atomic mass is 32.1. The van der Waals surface area contributed by atoms with Crippen LogP contribution >= 0.6 is 12.2 Å². The number of anilines is 1. The Bertz CT molecular complexity index is 571. The van der Waals surface area contributed by atoms with E-state index in [1.165, 1.54) is 69.2 Å². The van der Waals surface area contributed by atoms with Gasteiger partial charge in [-0.1, -0.05) is 12.5 Å². The van der Waals surface area contributed by atoms with Crippen molar-refractivity contribution in [3.05, 3.63) is 29.3 Å². The molecular formula is C18H25N3S. The van der Waals surface area contributed by atoms with E-state index in [4.69, 9.17) is 12.2 Å². The minimum absolute atomic E-state index is 0.523. The molecule has 4 rings (SSSR count). The summed E-state index contributed by atoms with van der Waals surface area (Å²) in [5, 5.41) is 7.76. The number of rotatable bonds is 2. The zero-order chi connectivity index (χ0) is 14.9. The number of nitrogens with one attached hydrogen (secondary N) is 2. The third kappa shape index (κ3) is 2.86. The van der Waals surface area contributed by atoms with Crippen molar-refractivity contribution < 1.29 is 0 Å². The number of fused-ring (bicyclic) bond motifs is 2. The molecule has 2 N–H and O–H groups in total. The SMILES string of the molecule is S=C(Nc1ccc2c(c1)CCC2)N[C@H]1CCN2CCCC[C@H]12. The number of thiocarbonyl (C=S) groups is 1. The lowest BCUT2D eigenvalue weighted by molar-refractivity contribution is 0.185. The van der Waals surface area contributed by atoms with Gasteiger partial charge in [0.25, 0.3) is 0 Å². The Morgan fingerprint density at radius 1 is 1.05 bits per heavy atom.